The number of carboxylic acid groups (broad SMARTS) is 3. The Morgan fingerprint density at radius 1 is 0.393 bits per heavy atom. The van der Waals surface area contributed by atoms with Gasteiger partial charge in [0.2, 0.25) is 0 Å². The van der Waals surface area contributed by atoms with Gasteiger partial charge in [-0.25, -0.2) is 19.6 Å². The Bertz CT molecular complexity index is 3730. The van der Waals surface area contributed by atoms with E-state index in [9.17, 15) is 34.5 Å². The zero-order chi connectivity index (χ0) is 62.3. The fourth-order valence-electron chi connectivity index (χ4n) is 10.6. The molecule has 0 saturated heterocycles. The first-order chi connectivity index (χ1) is 43.5. The van der Waals surface area contributed by atoms with E-state index in [1.807, 2.05) is 71.6 Å². The van der Waals surface area contributed by atoms with Crippen LogP contribution in [0.3, 0.4) is 0 Å². The highest BCUT2D eigenvalue weighted by atomic mass is 16.4. The van der Waals surface area contributed by atoms with Gasteiger partial charge in [-0.1, -0.05) is 165 Å². The number of rotatable bonds is 25. The Kier molecular flexibility index (Phi) is 26.5. The number of carbonyl (C=O) groups excluding carboxylic acids is 1. The third-order valence-corrected chi connectivity index (χ3v) is 15.3. The van der Waals surface area contributed by atoms with E-state index >= 15 is 0 Å². The summed E-state index contributed by atoms with van der Waals surface area (Å²) in [6.07, 6.45) is 18.3. The minimum Gasteiger partial charge on any atom is -0.480 e. The van der Waals surface area contributed by atoms with E-state index in [0.29, 0.717) is 66.6 Å². The quantitative estimate of drug-likeness (QED) is 0.0213. The summed E-state index contributed by atoms with van der Waals surface area (Å²) < 4.78 is 0. The van der Waals surface area contributed by atoms with Gasteiger partial charge in [0.1, 0.15) is 11.4 Å². The van der Waals surface area contributed by atoms with Gasteiger partial charge in [-0.15, -0.1) is 0 Å². The Labute approximate surface area is 524 Å². The number of carboxylic acids is 3. The summed E-state index contributed by atoms with van der Waals surface area (Å²) in [6.45, 7) is 2.29. The summed E-state index contributed by atoms with van der Waals surface area (Å²) in [5.74, 6) is 20.8. The van der Waals surface area contributed by atoms with E-state index in [1.165, 1.54) is 87.5 Å². The number of carbonyl (C=O) groups is 4. The number of aromatic nitrogens is 3. The molecule has 1 aliphatic heterocycles. The number of fused-ring (bicyclic) bond motifs is 2. The number of hydrogen-bond acceptors (Lipinski definition) is 10. The third kappa shape index (κ3) is 24.0. The first-order valence-electron chi connectivity index (χ1n) is 31.1. The van der Waals surface area contributed by atoms with Gasteiger partial charge >= 0.3 is 17.9 Å². The number of aromatic carboxylic acids is 1. The van der Waals surface area contributed by atoms with Gasteiger partial charge in [-0.2, -0.15) is 0 Å². The Balaban J connectivity index is 0.910. The van der Waals surface area contributed by atoms with E-state index in [1.54, 1.807) is 12.1 Å². The van der Waals surface area contributed by atoms with Crippen LogP contribution >= 0.6 is 0 Å². The van der Waals surface area contributed by atoms with Crippen LogP contribution in [0.4, 0.5) is 0 Å². The Morgan fingerprint density at radius 2 is 0.798 bits per heavy atom. The summed E-state index contributed by atoms with van der Waals surface area (Å²) in [7, 11) is 0. The number of aryl methyl sites for hydroxylation is 2. The summed E-state index contributed by atoms with van der Waals surface area (Å²) >= 11 is 0. The molecular weight excluding hydrogens is 1110 g/mol. The molecule has 0 aliphatic carbocycles. The van der Waals surface area contributed by atoms with Crippen molar-refractivity contribution in [3.05, 3.63) is 230 Å². The van der Waals surface area contributed by atoms with Crippen molar-refractivity contribution in [3.8, 4) is 47.4 Å². The Hall–Kier alpha value is -9.47. The molecule has 3 aromatic heterocycles. The zero-order valence-corrected chi connectivity index (χ0v) is 50.8. The molecule has 454 valence electrons. The number of benzene rings is 4. The standard InChI is InChI=1S/C76H78N6O7/c83-73(84)58-82-49-47-80(56-69-51-66(53-72(79-69)75(86)87)45-43-64-40-36-62(37-41-64)31-18-12-8-4-2-6-10-16-25-60-28-21-14-22-29-60)46-48-81(54-67-32-23-33-68(55-82)77-67)57-70-50-65(52-71(78-70)74(85)76(88)89)44-42-63-38-34-61(35-39-63)30-17-11-7-3-1-5-9-15-24-59-26-19-13-20-27-59/h13-14,19-23,26-29,32-41,50-53H,1-12,15-16,24-25,46-49,54-58H2,(H,83,84)(H,86,87)(H,88,89). The fourth-order valence-corrected chi connectivity index (χ4v) is 10.6. The van der Waals surface area contributed by atoms with Gasteiger partial charge in [-0.05, 0) is 135 Å². The molecule has 1 aliphatic rings. The maximum Gasteiger partial charge on any atom is 0.378 e. The van der Waals surface area contributed by atoms with E-state index < -0.39 is 23.7 Å². The van der Waals surface area contributed by atoms with Crippen LogP contribution in [0.5, 0.6) is 0 Å². The lowest BCUT2D eigenvalue weighted by Gasteiger charge is -2.30. The van der Waals surface area contributed by atoms with Crippen LogP contribution in [0.1, 0.15) is 178 Å². The molecular formula is C76H78N6O7. The van der Waals surface area contributed by atoms with Crippen molar-refractivity contribution in [2.75, 3.05) is 32.7 Å². The molecule has 4 aromatic carbocycles. The molecule has 0 atom stereocenters. The summed E-state index contributed by atoms with van der Waals surface area (Å²) in [5.41, 5.74) is 8.80. The smallest absolute Gasteiger partial charge is 0.378 e. The van der Waals surface area contributed by atoms with Crippen molar-refractivity contribution in [2.24, 2.45) is 0 Å². The summed E-state index contributed by atoms with van der Waals surface area (Å²) in [4.78, 5) is 69.7. The van der Waals surface area contributed by atoms with Gasteiger partial charge < -0.3 is 15.3 Å². The van der Waals surface area contributed by atoms with Gasteiger partial charge in [0.25, 0.3) is 5.78 Å². The van der Waals surface area contributed by atoms with Crippen LogP contribution in [0.2, 0.25) is 0 Å². The molecule has 0 unspecified atom stereocenters. The zero-order valence-electron chi connectivity index (χ0n) is 50.8. The Morgan fingerprint density at radius 3 is 1.28 bits per heavy atom. The van der Waals surface area contributed by atoms with E-state index in [0.717, 1.165) is 60.8 Å². The fraction of sp³-hybridized carbons (Fsp3) is 0.329. The molecule has 0 fully saturated rings. The maximum atomic E-state index is 13.0. The number of nitrogens with zero attached hydrogens (tertiary/aromatic N) is 6. The molecule has 0 saturated carbocycles. The van der Waals surface area contributed by atoms with Gasteiger partial charge in [-0.3, -0.25) is 29.3 Å². The van der Waals surface area contributed by atoms with Crippen LogP contribution in [0, 0.1) is 47.4 Å². The van der Waals surface area contributed by atoms with Crippen molar-refractivity contribution in [1.82, 2.24) is 29.7 Å². The number of pyridine rings is 3. The SMILES string of the molecule is O=C(O)CN1CCN(Cc2cc(C#Cc3ccc(C#CCCCCCCCCc4ccccc4)cc3)cc(C(=O)O)n2)CCN(Cc2cc(C#Cc3ccc(C#CCCCCCCCCc4ccccc4)cc3)cc(C(=O)C(=O)O)n2)Cc2cccc(n2)C1. The molecule has 2 bridgehead atoms. The second kappa shape index (κ2) is 36.0. The molecule has 7 aromatic rings. The van der Waals surface area contributed by atoms with Crippen molar-refractivity contribution in [1.29, 1.82) is 0 Å². The molecule has 4 heterocycles. The lowest BCUT2D eigenvalue weighted by atomic mass is 10.0. The largest absolute Gasteiger partial charge is 0.480 e. The average molecular weight is 1190 g/mol. The molecule has 13 nitrogen and oxygen atoms in total. The van der Waals surface area contributed by atoms with Crippen LogP contribution in [-0.4, -0.2) is 101 Å². The van der Waals surface area contributed by atoms with Crippen molar-refractivity contribution in [3.63, 3.8) is 0 Å². The van der Waals surface area contributed by atoms with Crippen LogP contribution < -0.4 is 0 Å². The lowest BCUT2D eigenvalue weighted by molar-refractivity contribution is -0.138. The third-order valence-electron chi connectivity index (χ3n) is 15.3. The normalized spacial score (nSPS) is 12.7. The molecule has 13 heteroatoms. The van der Waals surface area contributed by atoms with Crippen LogP contribution in [0.15, 0.2) is 152 Å². The minimum atomic E-state index is -1.64. The molecule has 89 heavy (non-hydrogen) atoms. The molecule has 3 N–H and O–H groups in total. The average Bonchev–Trinajstić information content (AvgIpc) is 2.55. The number of unbranched alkanes of at least 4 members (excludes halogenated alkanes) is 12. The van der Waals surface area contributed by atoms with E-state index in [-0.39, 0.29) is 37.6 Å². The van der Waals surface area contributed by atoms with Crippen molar-refractivity contribution >= 4 is 23.7 Å². The first-order valence-corrected chi connectivity index (χ1v) is 31.1. The molecule has 0 amide bonds. The van der Waals surface area contributed by atoms with Crippen LogP contribution in [-0.2, 0) is 48.6 Å². The summed E-state index contributed by atoms with van der Waals surface area (Å²) in [5, 5.41) is 30.0. The first kappa shape index (κ1) is 65.5. The monoisotopic (exact) mass is 1190 g/mol. The molecule has 8 rings (SSSR count). The highest BCUT2D eigenvalue weighted by Crippen LogP contribution is 2.18. The van der Waals surface area contributed by atoms with Gasteiger partial charge in [0.15, 0.2) is 0 Å². The maximum absolute atomic E-state index is 13.0. The van der Waals surface area contributed by atoms with E-state index in [2.05, 4.69) is 128 Å². The predicted molar refractivity (Wildman–Crippen MR) is 347 cm³/mol. The highest BCUT2D eigenvalue weighted by Gasteiger charge is 2.22. The van der Waals surface area contributed by atoms with Gasteiger partial charge in [0.05, 0.1) is 29.3 Å². The van der Waals surface area contributed by atoms with Gasteiger partial charge in [0, 0.05) is 98.6 Å². The lowest BCUT2D eigenvalue weighted by Crippen LogP contribution is -2.41. The number of ketones is 1. The van der Waals surface area contributed by atoms with E-state index in [4.69, 9.17) is 4.98 Å². The highest BCUT2D eigenvalue weighted by molar-refractivity contribution is 6.39. The topological polar surface area (TPSA) is 177 Å². The molecule has 0 spiro atoms. The predicted octanol–water partition coefficient (Wildman–Crippen LogP) is 12.7. The number of hydrogen-bond donors (Lipinski definition) is 3. The molecule has 0 radical (unpaired) electrons. The number of aliphatic carboxylic acids is 2. The van der Waals surface area contributed by atoms with Crippen LogP contribution in [0.25, 0.3) is 0 Å². The number of Topliss-reactive ketones (excluding diaryl/α,β-unsaturated/α-hetero) is 1. The van der Waals surface area contributed by atoms with Crippen molar-refractivity contribution < 1.29 is 34.5 Å². The van der Waals surface area contributed by atoms with Crippen molar-refractivity contribution in [2.45, 2.75) is 129 Å². The summed E-state index contributed by atoms with van der Waals surface area (Å²) in [6, 6.07) is 48.6. The minimum absolute atomic E-state index is 0.159. The second-order valence-electron chi connectivity index (χ2n) is 22.6. The second-order valence-corrected chi connectivity index (χ2v) is 22.6.